The van der Waals surface area contributed by atoms with E-state index in [1.54, 1.807) is 11.2 Å². The highest BCUT2D eigenvalue weighted by molar-refractivity contribution is 7.88. The van der Waals surface area contributed by atoms with E-state index in [1.165, 1.54) is 0 Å². The second-order valence-electron chi connectivity index (χ2n) is 9.67. The molecule has 2 N–H and O–H groups in total. The molecule has 0 saturated carbocycles. The van der Waals surface area contributed by atoms with Gasteiger partial charge in [-0.3, -0.25) is 0 Å². The molecule has 3 aromatic rings. The zero-order valence-corrected chi connectivity index (χ0v) is 24.2. The number of rotatable bonds is 12. The van der Waals surface area contributed by atoms with Crippen LogP contribution in [0.3, 0.4) is 0 Å². The average Bonchev–Trinajstić information content (AvgIpc) is 3.27. The molecule has 0 bridgehead atoms. The third kappa shape index (κ3) is 7.41. The number of thiophene rings is 1. The fraction of sp³-hybridized carbons (Fsp3) is 0.379. The summed E-state index contributed by atoms with van der Waals surface area (Å²) in [6.45, 7) is 4.47. The van der Waals surface area contributed by atoms with Crippen LogP contribution in [0.5, 0.6) is 5.75 Å². The number of carbonyl (C=O) groups excluding carboxylic acids is 1. The number of hydrogen-bond donors (Lipinski definition) is 2. The number of aromatic carboxylic acids is 1. The molecule has 0 unspecified atom stereocenters. The topological polar surface area (TPSA) is 122 Å². The first kappa shape index (κ1) is 29.6. The Hall–Kier alpha value is -3.41. The van der Waals surface area contributed by atoms with Crippen LogP contribution < -0.4 is 10.1 Å². The zero-order valence-electron chi connectivity index (χ0n) is 22.6. The molecular weight excluding hydrogens is 552 g/mol. The van der Waals surface area contributed by atoms with Crippen LogP contribution in [0.25, 0.3) is 10.4 Å². The fourth-order valence-electron chi connectivity index (χ4n) is 4.62. The molecular formula is C29H34N2O7S2. The van der Waals surface area contributed by atoms with Crippen molar-refractivity contribution >= 4 is 39.0 Å². The van der Waals surface area contributed by atoms with Gasteiger partial charge in [0.2, 0.25) is 10.0 Å². The Labute approximate surface area is 238 Å². The normalized spacial score (nSPS) is 14.6. The van der Waals surface area contributed by atoms with Gasteiger partial charge in [-0.1, -0.05) is 49.4 Å². The number of piperidine rings is 1. The molecule has 0 aliphatic carbocycles. The molecule has 9 nitrogen and oxygen atoms in total. The summed E-state index contributed by atoms with van der Waals surface area (Å²) in [6, 6.07) is 17.0. The third-order valence-corrected chi connectivity index (χ3v) is 9.78. The molecule has 40 heavy (non-hydrogen) atoms. The summed E-state index contributed by atoms with van der Waals surface area (Å²) in [7, 11) is -3.39. The SMILES string of the molecule is CCCOC(=O)COc1c(C(=O)O)sc(-c2cccc(NC3CCN(S(=O)(=O)Cc4ccccc4)CC3)c2)c1C. The van der Waals surface area contributed by atoms with Crippen LogP contribution in [-0.4, -0.2) is 62.1 Å². The first-order chi connectivity index (χ1) is 19.2. The number of esters is 1. The van der Waals surface area contributed by atoms with Gasteiger partial charge in [-0.2, -0.15) is 0 Å². The predicted molar refractivity (Wildman–Crippen MR) is 155 cm³/mol. The molecule has 2 heterocycles. The molecule has 1 aromatic heterocycles. The van der Waals surface area contributed by atoms with Gasteiger partial charge in [-0.15, -0.1) is 11.3 Å². The second-order valence-corrected chi connectivity index (χ2v) is 12.7. The number of carboxylic acid groups (broad SMARTS) is 1. The van der Waals surface area contributed by atoms with E-state index in [0.717, 1.165) is 33.0 Å². The Kier molecular flexibility index (Phi) is 9.83. The lowest BCUT2D eigenvalue weighted by molar-refractivity contribution is -0.146. The summed E-state index contributed by atoms with van der Waals surface area (Å²) >= 11 is 1.10. The Morgan fingerprint density at radius 1 is 1.10 bits per heavy atom. The molecule has 0 atom stereocenters. The van der Waals surface area contributed by atoms with Gasteiger partial charge >= 0.3 is 11.9 Å². The van der Waals surface area contributed by atoms with Crippen LogP contribution in [0.4, 0.5) is 5.69 Å². The van der Waals surface area contributed by atoms with E-state index in [2.05, 4.69) is 5.32 Å². The number of hydrogen-bond acceptors (Lipinski definition) is 8. The minimum Gasteiger partial charge on any atom is -0.480 e. The minimum atomic E-state index is -3.39. The van der Waals surface area contributed by atoms with Gasteiger partial charge in [-0.05, 0) is 49.4 Å². The van der Waals surface area contributed by atoms with Crippen molar-refractivity contribution in [2.24, 2.45) is 0 Å². The molecule has 11 heteroatoms. The minimum absolute atomic E-state index is 0.00188. The van der Waals surface area contributed by atoms with Crippen LogP contribution in [0.2, 0.25) is 0 Å². The molecule has 1 aliphatic heterocycles. The number of sulfonamides is 1. The first-order valence-corrected chi connectivity index (χ1v) is 15.6. The highest BCUT2D eigenvalue weighted by Crippen LogP contribution is 2.42. The van der Waals surface area contributed by atoms with E-state index in [4.69, 9.17) is 9.47 Å². The van der Waals surface area contributed by atoms with E-state index >= 15 is 0 Å². The van der Waals surface area contributed by atoms with Gasteiger partial charge in [-0.25, -0.2) is 22.3 Å². The van der Waals surface area contributed by atoms with Gasteiger partial charge in [0, 0.05) is 35.3 Å². The maximum atomic E-state index is 12.9. The van der Waals surface area contributed by atoms with E-state index in [9.17, 15) is 23.1 Å². The number of carbonyl (C=O) groups is 2. The van der Waals surface area contributed by atoms with Gasteiger partial charge in [0.25, 0.3) is 0 Å². The number of ether oxygens (including phenoxy) is 2. The van der Waals surface area contributed by atoms with Crippen LogP contribution in [0.1, 0.15) is 47.0 Å². The van der Waals surface area contributed by atoms with E-state index in [1.807, 2.05) is 61.5 Å². The Balaban J connectivity index is 1.41. The fourth-order valence-corrected chi connectivity index (χ4v) is 7.27. The number of carboxylic acids is 1. The van der Waals surface area contributed by atoms with Crippen molar-refractivity contribution in [2.75, 3.05) is 31.6 Å². The summed E-state index contributed by atoms with van der Waals surface area (Å²) in [4.78, 5) is 24.6. The van der Waals surface area contributed by atoms with Crippen molar-refractivity contribution in [3.63, 3.8) is 0 Å². The lowest BCUT2D eigenvalue weighted by Gasteiger charge is -2.32. The summed E-state index contributed by atoms with van der Waals surface area (Å²) in [5, 5.41) is 13.3. The van der Waals surface area contributed by atoms with Crippen molar-refractivity contribution < 1.29 is 32.6 Å². The predicted octanol–water partition coefficient (Wildman–Crippen LogP) is 5.16. The van der Waals surface area contributed by atoms with Gasteiger partial charge in [0.1, 0.15) is 5.75 Å². The van der Waals surface area contributed by atoms with E-state index in [0.29, 0.717) is 37.9 Å². The molecule has 1 fully saturated rings. The van der Waals surface area contributed by atoms with Crippen molar-refractivity contribution in [3.05, 3.63) is 70.6 Å². The molecule has 1 saturated heterocycles. The highest BCUT2D eigenvalue weighted by Gasteiger charge is 2.28. The van der Waals surface area contributed by atoms with Crippen LogP contribution in [-0.2, 0) is 25.3 Å². The van der Waals surface area contributed by atoms with Crippen LogP contribution in [0.15, 0.2) is 54.6 Å². The standard InChI is InChI=1S/C29H34N2O7S2/c1-3-16-37-25(32)18-38-26-20(2)27(39-28(26)29(33)34)22-10-7-11-24(17-22)30-23-12-14-31(15-13-23)40(35,36)19-21-8-5-4-6-9-21/h4-11,17,23,30H,3,12-16,18-19H2,1-2H3,(H,33,34). The van der Waals surface area contributed by atoms with E-state index in [-0.39, 0.29) is 35.6 Å². The number of anilines is 1. The largest absolute Gasteiger partial charge is 0.480 e. The lowest BCUT2D eigenvalue weighted by atomic mass is 10.0. The molecule has 2 aromatic carbocycles. The summed E-state index contributed by atoms with van der Waals surface area (Å²) in [5.74, 6) is -1.50. The molecule has 1 aliphatic rings. The third-order valence-electron chi connectivity index (χ3n) is 6.62. The van der Waals surface area contributed by atoms with Crippen molar-refractivity contribution in [1.82, 2.24) is 4.31 Å². The Morgan fingerprint density at radius 2 is 1.82 bits per heavy atom. The smallest absolute Gasteiger partial charge is 0.349 e. The van der Waals surface area contributed by atoms with Crippen LogP contribution in [0, 0.1) is 6.92 Å². The summed E-state index contributed by atoms with van der Waals surface area (Å²) in [6.07, 6.45) is 2.03. The van der Waals surface area contributed by atoms with Crippen LogP contribution >= 0.6 is 11.3 Å². The maximum absolute atomic E-state index is 12.9. The Bertz CT molecular complexity index is 1430. The zero-order chi connectivity index (χ0) is 28.7. The van der Waals surface area contributed by atoms with E-state index < -0.39 is 22.0 Å². The van der Waals surface area contributed by atoms with Gasteiger partial charge in [0.05, 0.1) is 12.4 Å². The van der Waals surface area contributed by atoms with Crippen molar-refractivity contribution in [3.8, 4) is 16.2 Å². The monoisotopic (exact) mass is 586 g/mol. The maximum Gasteiger partial charge on any atom is 0.349 e. The summed E-state index contributed by atoms with van der Waals surface area (Å²) in [5.41, 5.74) is 3.10. The van der Waals surface area contributed by atoms with Gasteiger partial charge in [0.15, 0.2) is 11.5 Å². The highest BCUT2D eigenvalue weighted by atomic mass is 32.2. The Morgan fingerprint density at radius 3 is 2.50 bits per heavy atom. The molecule has 0 amide bonds. The molecule has 214 valence electrons. The quantitative estimate of drug-likeness (QED) is 0.279. The second kappa shape index (κ2) is 13.3. The average molecular weight is 587 g/mol. The number of nitrogens with one attached hydrogen (secondary N) is 1. The van der Waals surface area contributed by atoms with Gasteiger partial charge < -0.3 is 19.9 Å². The number of nitrogens with zero attached hydrogens (tertiary/aromatic N) is 1. The molecule has 0 radical (unpaired) electrons. The molecule has 4 rings (SSSR count). The number of benzene rings is 2. The molecule has 0 spiro atoms. The van der Waals surface area contributed by atoms with Crippen molar-refractivity contribution in [1.29, 1.82) is 0 Å². The first-order valence-electron chi connectivity index (χ1n) is 13.2. The summed E-state index contributed by atoms with van der Waals surface area (Å²) < 4.78 is 38.0. The lowest BCUT2D eigenvalue weighted by Crippen LogP contribution is -2.42. The van der Waals surface area contributed by atoms with Crippen molar-refractivity contribution in [2.45, 2.75) is 44.9 Å².